The summed E-state index contributed by atoms with van der Waals surface area (Å²) in [4.78, 5) is 0. The Morgan fingerprint density at radius 2 is 0.451 bits per heavy atom. The van der Waals surface area contributed by atoms with Gasteiger partial charge in [-0.2, -0.15) is 15.8 Å². The third-order valence-corrected chi connectivity index (χ3v) is 28.6. The van der Waals surface area contributed by atoms with Gasteiger partial charge in [-0.05, 0) is 322 Å². The van der Waals surface area contributed by atoms with E-state index < -0.39 is 0 Å². The maximum absolute atomic E-state index is 9.50. The monoisotopic (exact) mass is 1820 g/mol. The van der Waals surface area contributed by atoms with E-state index in [1.807, 2.05) is 60.7 Å². The van der Waals surface area contributed by atoms with Gasteiger partial charge in [0.1, 0.15) is 0 Å². The van der Waals surface area contributed by atoms with E-state index in [0.717, 1.165) is 67.1 Å². The van der Waals surface area contributed by atoms with Crippen molar-refractivity contribution in [1.29, 1.82) is 15.8 Å². The SMILES string of the molecule is CC(C)(C)c1ccc2c(c1)c1cc(-c3ccc4c(c3)c3cc(C(C)(C)C)ccc3n4-c3ccc(C#N)cc3)ccc1n2-c1ccccc1.Cc1ccc2c(c1)c1cc(-c3ccc4c(c3)c3cc(C)cc(-c5ccccc5)c3n4-c3ccc(C#N)cc3)ccc1n2-c1ccccc1.N#Cc1ccc(-c2ccccc2-n2c3ccccc3c3cc(-c4ccc5c(c4)c4ccccc4n5-c4ccccc4)ccc32)cc1. The second-order valence-corrected chi connectivity index (χ2v) is 39.5. The highest BCUT2D eigenvalue weighted by molar-refractivity contribution is 6.19. The standard InChI is InChI=1S/C45H31N3.C45H39N3.C43H27N3/c1-29-13-20-42-38(23-29)39-26-33(16-21-43(39)47(42)35-11-7-4-8-12-35)34-17-22-44-40(27-34)41-25-30(2)24-37(32-9-5-3-6-10-32)45(41)48(44)36-18-14-31(28-46)15-19-36;1-44(2,3)32-16-22-42-38(26-32)36-24-30(14-20-40(36)47(42)34-10-8-7-9-11-34)31-15-21-41-37(25-31)39-27-33(45(4,5)6)17-23-43(39)48(41)35-18-12-29(28-46)13-19-35;44-28-29-18-20-30(21-19-29)34-12-4-7-15-39(34)46-41-17-9-6-14-36(41)38-27-32(23-25-43(38)46)31-22-24-42-37(26-31)35-13-5-8-16-40(35)45(42)33-10-2-1-3-11-33/h3-27H,1-2H3;7-27H,1-6H3;1-27H. The second-order valence-electron chi connectivity index (χ2n) is 39.5. The van der Waals surface area contributed by atoms with E-state index >= 15 is 0 Å². The molecule has 0 aliphatic heterocycles. The summed E-state index contributed by atoms with van der Waals surface area (Å²) in [6, 6.07) is 165. The predicted molar refractivity (Wildman–Crippen MR) is 594 cm³/mol. The molecule has 674 valence electrons. The Morgan fingerprint density at radius 3 is 0.852 bits per heavy atom. The van der Waals surface area contributed by atoms with Crippen LogP contribution in [0.1, 0.15) is 80.5 Å². The summed E-state index contributed by atoms with van der Waals surface area (Å²) in [7, 11) is 0. The van der Waals surface area contributed by atoms with E-state index in [4.69, 9.17) is 0 Å². The Balaban J connectivity index is 0.000000115. The molecule has 0 unspecified atom stereocenters. The van der Waals surface area contributed by atoms with E-state index in [2.05, 4.69) is 483 Å². The number of benzene rings is 20. The molecule has 26 rings (SSSR count). The molecule has 0 spiro atoms. The van der Waals surface area contributed by atoms with Crippen molar-refractivity contribution in [3.05, 3.63) is 482 Å². The van der Waals surface area contributed by atoms with Gasteiger partial charge in [-0.1, -0.05) is 253 Å². The van der Waals surface area contributed by atoms with Gasteiger partial charge in [0.15, 0.2) is 0 Å². The van der Waals surface area contributed by atoms with E-state index in [1.54, 1.807) is 0 Å². The molecule has 0 saturated carbocycles. The number of aryl methyl sites for hydroxylation is 2. The lowest BCUT2D eigenvalue weighted by Crippen LogP contribution is -2.10. The van der Waals surface area contributed by atoms with Gasteiger partial charge in [0, 0.05) is 104 Å². The third kappa shape index (κ3) is 15.0. The first kappa shape index (κ1) is 86.5. The highest BCUT2D eigenvalue weighted by Crippen LogP contribution is 2.48. The second kappa shape index (κ2) is 34.7. The molecule has 0 bridgehead atoms. The average molecular weight is 1820 g/mol. The van der Waals surface area contributed by atoms with Crippen molar-refractivity contribution in [1.82, 2.24) is 27.4 Å². The number of hydrogen-bond acceptors (Lipinski definition) is 3. The minimum atomic E-state index is 0.0264. The molecule has 142 heavy (non-hydrogen) atoms. The molecule has 0 atom stereocenters. The summed E-state index contributed by atoms with van der Waals surface area (Å²) in [5.41, 5.74) is 39.8. The topological polar surface area (TPSA) is 101 Å². The summed E-state index contributed by atoms with van der Waals surface area (Å²) in [6.07, 6.45) is 0. The molecule has 20 aromatic carbocycles. The molecule has 26 aromatic rings. The lowest BCUT2D eigenvalue weighted by Gasteiger charge is -2.19. The third-order valence-electron chi connectivity index (χ3n) is 28.6. The van der Waals surface area contributed by atoms with Gasteiger partial charge < -0.3 is 27.4 Å². The van der Waals surface area contributed by atoms with Crippen LogP contribution < -0.4 is 0 Å². The first-order chi connectivity index (χ1) is 69.4. The van der Waals surface area contributed by atoms with Crippen molar-refractivity contribution in [2.45, 2.75) is 66.2 Å². The van der Waals surface area contributed by atoms with Crippen LogP contribution in [0.4, 0.5) is 0 Å². The van der Waals surface area contributed by atoms with Gasteiger partial charge in [-0.3, -0.25) is 0 Å². The van der Waals surface area contributed by atoms with Crippen LogP contribution >= 0.6 is 0 Å². The molecule has 0 amide bonds. The summed E-state index contributed by atoms with van der Waals surface area (Å²) in [5, 5.41) is 43.1. The van der Waals surface area contributed by atoms with Gasteiger partial charge in [0.05, 0.1) is 107 Å². The van der Waals surface area contributed by atoms with E-state index in [0.29, 0.717) is 16.7 Å². The minimum absolute atomic E-state index is 0.0264. The van der Waals surface area contributed by atoms with Gasteiger partial charge in [0.25, 0.3) is 0 Å². The molecule has 0 radical (unpaired) electrons. The predicted octanol–water partition coefficient (Wildman–Crippen LogP) is 34.8. The largest absolute Gasteiger partial charge is 0.309 e. The molecule has 0 aliphatic rings. The normalized spacial score (nSPS) is 11.8. The fourth-order valence-corrected chi connectivity index (χ4v) is 21.6. The van der Waals surface area contributed by atoms with Crippen molar-refractivity contribution in [3.8, 4) is 108 Å². The zero-order valence-electron chi connectivity index (χ0n) is 80.2. The van der Waals surface area contributed by atoms with Crippen LogP contribution in [0.3, 0.4) is 0 Å². The highest BCUT2D eigenvalue weighted by Gasteiger charge is 2.27. The Kier molecular flexibility index (Phi) is 21.2. The number of para-hydroxylation sites is 6. The molecule has 6 heterocycles. The smallest absolute Gasteiger partial charge is 0.0991 e. The summed E-state index contributed by atoms with van der Waals surface area (Å²) >= 11 is 0. The lowest BCUT2D eigenvalue weighted by molar-refractivity contribution is 0.591. The fourth-order valence-electron chi connectivity index (χ4n) is 21.6. The fraction of sp³-hybridized carbons (Fsp3) is 0.0752. The van der Waals surface area contributed by atoms with Crippen molar-refractivity contribution < 1.29 is 0 Å². The summed E-state index contributed by atoms with van der Waals surface area (Å²) in [5.74, 6) is 0. The molecule has 9 heteroatoms. The van der Waals surface area contributed by atoms with Crippen LogP contribution in [0.15, 0.2) is 443 Å². The van der Waals surface area contributed by atoms with E-state index in [1.165, 1.54) is 176 Å². The first-order valence-corrected chi connectivity index (χ1v) is 48.6. The molecule has 0 fully saturated rings. The van der Waals surface area contributed by atoms with Crippen molar-refractivity contribution in [2.24, 2.45) is 0 Å². The number of aromatic nitrogens is 6. The van der Waals surface area contributed by atoms with Crippen LogP contribution in [0, 0.1) is 47.8 Å². The zero-order chi connectivity index (χ0) is 96.3. The molecule has 0 saturated heterocycles. The number of rotatable bonds is 11. The summed E-state index contributed by atoms with van der Waals surface area (Å²) < 4.78 is 14.2. The minimum Gasteiger partial charge on any atom is -0.309 e. The highest BCUT2D eigenvalue weighted by atomic mass is 15.0. The molecule has 0 N–H and O–H groups in total. The van der Waals surface area contributed by atoms with Crippen molar-refractivity contribution >= 4 is 131 Å². The van der Waals surface area contributed by atoms with Crippen LogP contribution in [0.25, 0.3) is 221 Å². The number of nitrogens with zero attached hydrogens (tertiary/aromatic N) is 9. The van der Waals surface area contributed by atoms with Gasteiger partial charge >= 0.3 is 0 Å². The summed E-state index contributed by atoms with van der Waals surface area (Å²) in [6.45, 7) is 18.0. The van der Waals surface area contributed by atoms with Crippen LogP contribution in [-0.2, 0) is 10.8 Å². The maximum Gasteiger partial charge on any atom is 0.0991 e. The van der Waals surface area contributed by atoms with Gasteiger partial charge in [0.2, 0.25) is 0 Å². The molecular weight excluding hydrogens is 1720 g/mol. The number of fused-ring (bicyclic) bond motifs is 18. The van der Waals surface area contributed by atoms with Crippen molar-refractivity contribution in [3.63, 3.8) is 0 Å². The van der Waals surface area contributed by atoms with E-state index in [-0.39, 0.29) is 10.8 Å². The molecule has 9 nitrogen and oxygen atoms in total. The Labute approximate surface area is 824 Å². The Hall–Kier alpha value is -18.3. The first-order valence-electron chi connectivity index (χ1n) is 48.6. The molecule has 6 aromatic heterocycles. The molecule has 0 aliphatic carbocycles. The van der Waals surface area contributed by atoms with Crippen LogP contribution in [0.5, 0.6) is 0 Å². The van der Waals surface area contributed by atoms with Crippen molar-refractivity contribution in [2.75, 3.05) is 0 Å². The zero-order valence-corrected chi connectivity index (χ0v) is 80.2. The number of nitriles is 3. The quantitative estimate of drug-likeness (QED) is 0.129. The van der Waals surface area contributed by atoms with Gasteiger partial charge in [-0.15, -0.1) is 0 Å². The van der Waals surface area contributed by atoms with Crippen LogP contribution in [0.2, 0.25) is 0 Å². The number of hydrogen-bond donors (Lipinski definition) is 0. The van der Waals surface area contributed by atoms with Crippen LogP contribution in [-0.4, -0.2) is 27.4 Å². The Morgan fingerprint density at radius 1 is 0.183 bits per heavy atom. The average Bonchev–Trinajstić information content (AvgIpc) is 1.58. The lowest BCUT2D eigenvalue weighted by atomic mass is 9.86. The van der Waals surface area contributed by atoms with Gasteiger partial charge in [-0.25, -0.2) is 0 Å². The van der Waals surface area contributed by atoms with E-state index in [9.17, 15) is 15.8 Å². The molecular formula is C133H97N9. The maximum atomic E-state index is 9.50. The Bertz CT molecular complexity index is 9690.